The van der Waals surface area contributed by atoms with E-state index in [-0.39, 0.29) is 5.57 Å². The summed E-state index contributed by atoms with van der Waals surface area (Å²) in [5, 5.41) is 28.0. The van der Waals surface area contributed by atoms with Crippen LogP contribution in [0.2, 0.25) is 0 Å². The molecule has 0 aliphatic heterocycles. The molecule has 0 fully saturated rings. The molecule has 2 atom stereocenters. The van der Waals surface area contributed by atoms with Gasteiger partial charge in [0.1, 0.15) is 11.6 Å². The zero-order chi connectivity index (χ0) is 18.4. The van der Waals surface area contributed by atoms with Crippen LogP contribution in [0.5, 0.6) is 0 Å². The van der Waals surface area contributed by atoms with Crippen LogP contribution < -0.4 is 0 Å². The fourth-order valence-electron chi connectivity index (χ4n) is 2.34. The van der Waals surface area contributed by atoms with Gasteiger partial charge in [0.2, 0.25) is 0 Å². The van der Waals surface area contributed by atoms with E-state index in [2.05, 4.69) is 6.92 Å². The summed E-state index contributed by atoms with van der Waals surface area (Å²) in [6.45, 7) is 7.23. The molecular weight excluding hydrogens is 308 g/mol. The Hall–Kier alpha value is -1.42. The number of aliphatic hydroxyl groups is 2. The van der Waals surface area contributed by atoms with E-state index in [0.29, 0.717) is 32.7 Å². The van der Waals surface area contributed by atoms with Crippen LogP contribution in [0.4, 0.5) is 0 Å². The Morgan fingerprint density at radius 2 is 1.83 bits per heavy atom. The van der Waals surface area contributed by atoms with E-state index >= 15 is 0 Å². The van der Waals surface area contributed by atoms with E-state index in [9.17, 15) is 15.0 Å². The van der Waals surface area contributed by atoms with Crippen LogP contribution in [0, 0.1) is 11.3 Å². The molecule has 0 aliphatic rings. The average Bonchev–Trinajstić information content (AvgIpc) is 2.49. The molecule has 138 valence electrons. The Kier molecular flexibility index (Phi) is 13.1. The normalized spacial score (nSPS) is 14.3. The maximum absolute atomic E-state index is 11.8. The zero-order valence-electron chi connectivity index (χ0n) is 15.2. The lowest BCUT2D eigenvalue weighted by Gasteiger charge is -2.24. The zero-order valence-corrected chi connectivity index (χ0v) is 15.2. The predicted octanol–water partition coefficient (Wildman–Crippen LogP) is 2.01. The van der Waals surface area contributed by atoms with Crippen LogP contribution in [-0.4, -0.2) is 59.5 Å². The first-order valence-electron chi connectivity index (χ1n) is 8.76. The molecule has 0 aromatic rings. The van der Waals surface area contributed by atoms with Gasteiger partial charge in [-0.1, -0.05) is 32.3 Å². The molecule has 0 saturated heterocycles. The van der Waals surface area contributed by atoms with Crippen molar-refractivity contribution in [3.8, 4) is 6.07 Å². The SMILES string of the molecule is CCCCCCOC(=O)/C(C#N)=C/CCN(CC(C)O)CC(C)O. The number of rotatable bonds is 13. The summed E-state index contributed by atoms with van der Waals surface area (Å²) < 4.78 is 5.10. The first kappa shape index (κ1) is 22.6. The average molecular weight is 340 g/mol. The van der Waals surface area contributed by atoms with Crippen molar-refractivity contribution in [3.63, 3.8) is 0 Å². The summed E-state index contributed by atoms with van der Waals surface area (Å²) in [6, 6.07) is 1.88. The van der Waals surface area contributed by atoms with Crippen molar-refractivity contribution in [1.82, 2.24) is 4.90 Å². The van der Waals surface area contributed by atoms with E-state index in [1.165, 1.54) is 0 Å². The van der Waals surface area contributed by atoms with Gasteiger partial charge >= 0.3 is 5.97 Å². The van der Waals surface area contributed by atoms with Gasteiger partial charge < -0.3 is 14.9 Å². The van der Waals surface area contributed by atoms with Crippen molar-refractivity contribution in [2.75, 3.05) is 26.2 Å². The van der Waals surface area contributed by atoms with Crippen LogP contribution in [0.15, 0.2) is 11.6 Å². The van der Waals surface area contributed by atoms with Gasteiger partial charge in [0.05, 0.1) is 18.8 Å². The molecule has 6 heteroatoms. The molecule has 0 bridgehead atoms. The highest BCUT2D eigenvalue weighted by atomic mass is 16.5. The number of carbonyl (C=O) groups is 1. The number of nitrogens with zero attached hydrogens (tertiary/aromatic N) is 2. The molecular formula is C18H32N2O4. The van der Waals surface area contributed by atoms with Crippen LogP contribution >= 0.6 is 0 Å². The molecule has 6 nitrogen and oxygen atoms in total. The largest absolute Gasteiger partial charge is 0.462 e. The van der Waals surface area contributed by atoms with E-state index in [1.54, 1.807) is 19.9 Å². The van der Waals surface area contributed by atoms with Crippen molar-refractivity contribution >= 4 is 5.97 Å². The second kappa shape index (κ2) is 14.0. The van der Waals surface area contributed by atoms with Crippen LogP contribution in [-0.2, 0) is 9.53 Å². The number of unbranched alkanes of at least 4 members (excludes halogenated alkanes) is 3. The van der Waals surface area contributed by atoms with Gasteiger partial charge in [-0.15, -0.1) is 0 Å². The minimum absolute atomic E-state index is 0.0135. The fraction of sp³-hybridized carbons (Fsp3) is 0.778. The molecule has 24 heavy (non-hydrogen) atoms. The molecule has 0 radical (unpaired) electrons. The Labute approximate surface area is 145 Å². The van der Waals surface area contributed by atoms with Crippen molar-refractivity contribution in [3.05, 3.63) is 11.6 Å². The molecule has 0 aromatic carbocycles. The quantitative estimate of drug-likeness (QED) is 0.230. The topological polar surface area (TPSA) is 93.8 Å². The van der Waals surface area contributed by atoms with Crippen LogP contribution in [0.1, 0.15) is 52.9 Å². The van der Waals surface area contributed by atoms with E-state index in [1.807, 2.05) is 11.0 Å². The molecule has 0 saturated carbocycles. The summed E-state index contributed by atoms with van der Waals surface area (Å²) in [6.07, 6.45) is 5.09. The van der Waals surface area contributed by atoms with Gasteiger partial charge in [0, 0.05) is 19.6 Å². The summed E-state index contributed by atoms with van der Waals surface area (Å²) in [5.41, 5.74) is 0.0135. The number of nitriles is 1. The molecule has 2 unspecified atom stereocenters. The highest BCUT2D eigenvalue weighted by Gasteiger charge is 2.13. The number of hydrogen-bond acceptors (Lipinski definition) is 6. The summed E-state index contributed by atoms with van der Waals surface area (Å²) in [5.74, 6) is -0.577. The number of aliphatic hydroxyl groups excluding tert-OH is 2. The molecule has 0 amide bonds. The summed E-state index contributed by atoms with van der Waals surface area (Å²) in [4.78, 5) is 13.7. The minimum atomic E-state index is -0.577. The smallest absolute Gasteiger partial charge is 0.348 e. The molecule has 0 rings (SSSR count). The summed E-state index contributed by atoms with van der Waals surface area (Å²) in [7, 11) is 0. The number of ether oxygens (including phenoxy) is 1. The Bertz CT molecular complexity index is 404. The lowest BCUT2D eigenvalue weighted by atomic mass is 10.2. The Morgan fingerprint density at radius 3 is 2.33 bits per heavy atom. The van der Waals surface area contributed by atoms with Crippen molar-refractivity contribution < 1.29 is 19.7 Å². The maximum atomic E-state index is 11.8. The highest BCUT2D eigenvalue weighted by Crippen LogP contribution is 2.05. The van der Waals surface area contributed by atoms with Gasteiger partial charge in [-0.2, -0.15) is 5.26 Å². The minimum Gasteiger partial charge on any atom is -0.462 e. The predicted molar refractivity (Wildman–Crippen MR) is 93.2 cm³/mol. The third-order valence-electron chi connectivity index (χ3n) is 3.41. The van der Waals surface area contributed by atoms with Gasteiger partial charge in [-0.05, 0) is 26.7 Å². The monoisotopic (exact) mass is 340 g/mol. The third-order valence-corrected chi connectivity index (χ3v) is 3.41. The Balaban J connectivity index is 4.33. The Morgan fingerprint density at radius 1 is 1.21 bits per heavy atom. The molecule has 0 heterocycles. The van der Waals surface area contributed by atoms with Gasteiger partial charge in [0.25, 0.3) is 0 Å². The number of esters is 1. The first-order valence-corrected chi connectivity index (χ1v) is 8.76. The van der Waals surface area contributed by atoms with Crippen molar-refractivity contribution in [1.29, 1.82) is 5.26 Å². The van der Waals surface area contributed by atoms with E-state index in [0.717, 1.165) is 25.7 Å². The molecule has 0 aromatic heterocycles. The van der Waals surface area contributed by atoms with E-state index < -0.39 is 18.2 Å². The third kappa shape index (κ3) is 12.1. The van der Waals surface area contributed by atoms with Gasteiger partial charge in [0.15, 0.2) is 0 Å². The fourth-order valence-corrected chi connectivity index (χ4v) is 2.34. The van der Waals surface area contributed by atoms with Crippen molar-refractivity contribution in [2.45, 2.75) is 65.1 Å². The molecule has 0 spiro atoms. The van der Waals surface area contributed by atoms with Crippen LogP contribution in [0.3, 0.4) is 0 Å². The molecule has 2 N–H and O–H groups in total. The summed E-state index contributed by atoms with van der Waals surface area (Å²) >= 11 is 0. The lowest BCUT2D eigenvalue weighted by molar-refractivity contribution is -0.138. The van der Waals surface area contributed by atoms with Gasteiger partial charge in [-0.25, -0.2) is 4.79 Å². The first-order chi connectivity index (χ1) is 11.4. The lowest BCUT2D eigenvalue weighted by Crippen LogP contribution is -2.36. The van der Waals surface area contributed by atoms with Gasteiger partial charge in [-0.3, -0.25) is 4.90 Å². The highest BCUT2D eigenvalue weighted by molar-refractivity contribution is 5.92. The second-order valence-electron chi connectivity index (χ2n) is 6.17. The van der Waals surface area contributed by atoms with Crippen LogP contribution in [0.25, 0.3) is 0 Å². The van der Waals surface area contributed by atoms with Crippen molar-refractivity contribution in [2.24, 2.45) is 0 Å². The maximum Gasteiger partial charge on any atom is 0.348 e. The number of carbonyl (C=O) groups excluding carboxylic acids is 1. The standard InChI is InChI=1S/C18H32N2O4/c1-4-5-6-7-11-24-18(23)17(12-19)9-8-10-20(13-15(2)21)14-16(3)22/h9,15-16,21-22H,4-8,10-11,13-14H2,1-3H3/b17-9+. The van der Waals surface area contributed by atoms with E-state index in [4.69, 9.17) is 10.00 Å². The molecule has 0 aliphatic carbocycles. The number of hydrogen-bond donors (Lipinski definition) is 2. The second-order valence-corrected chi connectivity index (χ2v) is 6.17.